The van der Waals surface area contributed by atoms with Crippen molar-refractivity contribution in [1.82, 2.24) is 19.5 Å². The van der Waals surface area contributed by atoms with E-state index in [2.05, 4.69) is 20.3 Å². The molecule has 0 aliphatic rings. The lowest BCUT2D eigenvalue weighted by Crippen LogP contribution is -2.28. The Balaban J connectivity index is 1.59. The van der Waals surface area contributed by atoms with Crippen molar-refractivity contribution in [3.05, 3.63) is 81.7 Å². The monoisotopic (exact) mass is 423 g/mol. The SMILES string of the molecule is Cc1ccc(F)cc1NC(=O)Cn1cnc2nc(-c3ccc(Cl)cc3)ncc2c1=O. The lowest BCUT2D eigenvalue weighted by atomic mass is 10.2. The van der Waals surface area contributed by atoms with Gasteiger partial charge < -0.3 is 5.32 Å². The fraction of sp³-hybridized carbons (Fsp3) is 0.0952. The molecule has 0 aliphatic carbocycles. The molecule has 30 heavy (non-hydrogen) atoms. The summed E-state index contributed by atoms with van der Waals surface area (Å²) < 4.78 is 14.6. The van der Waals surface area contributed by atoms with Crippen LogP contribution in [0.5, 0.6) is 0 Å². The fourth-order valence-electron chi connectivity index (χ4n) is 2.88. The van der Waals surface area contributed by atoms with Crippen molar-refractivity contribution in [2.24, 2.45) is 0 Å². The third kappa shape index (κ3) is 4.04. The predicted octanol–water partition coefficient (Wildman–Crippen LogP) is 3.59. The molecule has 0 fully saturated rings. The molecule has 0 saturated carbocycles. The first-order valence-electron chi connectivity index (χ1n) is 8.95. The summed E-state index contributed by atoms with van der Waals surface area (Å²) in [4.78, 5) is 37.8. The summed E-state index contributed by atoms with van der Waals surface area (Å²) in [6.07, 6.45) is 2.63. The molecule has 0 radical (unpaired) electrons. The van der Waals surface area contributed by atoms with Crippen LogP contribution >= 0.6 is 11.6 Å². The fourth-order valence-corrected chi connectivity index (χ4v) is 3.00. The second-order valence-corrected chi connectivity index (χ2v) is 7.06. The van der Waals surface area contributed by atoms with Gasteiger partial charge in [0.1, 0.15) is 24.1 Å². The predicted molar refractivity (Wildman–Crippen MR) is 112 cm³/mol. The summed E-state index contributed by atoms with van der Waals surface area (Å²) in [6.45, 7) is 1.46. The van der Waals surface area contributed by atoms with Crippen molar-refractivity contribution < 1.29 is 9.18 Å². The van der Waals surface area contributed by atoms with E-state index in [0.717, 1.165) is 10.1 Å². The summed E-state index contributed by atoms with van der Waals surface area (Å²) in [5.41, 5.74) is 1.55. The number of carbonyl (C=O) groups excluding carboxylic acids is 1. The molecule has 4 rings (SSSR count). The molecular formula is C21H15ClFN5O2. The third-order valence-corrected chi connectivity index (χ3v) is 4.72. The number of anilines is 1. The number of aryl methyl sites for hydroxylation is 1. The van der Waals surface area contributed by atoms with E-state index < -0.39 is 17.3 Å². The van der Waals surface area contributed by atoms with Gasteiger partial charge in [0, 0.05) is 22.5 Å². The second kappa shape index (κ2) is 8.00. The lowest BCUT2D eigenvalue weighted by molar-refractivity contribution is -0.116. The molecule has 0 bridgehead atoms. The van der Waals surface area contributed by atoms with Crippen LogP contribution in [-0.4, -0.2) is 25.4 Å². The Bertz CT molecular complexity index is 1320. The minimum atomic E-state index is -0.481. The highest BCUT2D eigenvalue weighted by Crippen LogP contribution is 2.19. The molecule has 1 amide bonds. The van der Waals surface area contributed by atoms with Gasteiger partial charge in [0.2, 0.25) is 5.91 Å². The van der Waals surface area contributed by atoms with Crippen molar-refractivity contribution >= 4 is 34.2 Å². The minimum absolute atomic E-state index is 0.185. The van der Waals surface area contributed by atoms with Gasteiger partial charge in [0.25, 0.3) is 5.56 Å². The maximum atomic E-state index is 13.4. The average Bonchev–Trinajstić information content (AvgIpc) is 2.73. The molecule has 0 saturated heterocycles. The first kappa shape index (κ1) is 19.7. The molecule has 2 aromatic carbocycles. The Morgan fingerprint density at radius 3 is 2.70 bits per heavy atom. The maximum Gasteiger partial charge on any atom is 0.264 e. The molecule has 2 aromatic heterocycles. The third-order valence-electron chi connectivity index (χ3n) is 4.47. The van der Waals surface area contributed by atoms with E-state index in [4.69, 9.17) is 11.6 Å². The van der Waals surface area contributed by atoms with Crippen molar-refractivity contribution in [3.8, 4) is 11.4 Å². The summed E-state index contributed by atoms with van der Waals surface area (Å²) in [5.74, 6) is -0.539. The Morgan fingerprint density at radius 2 is 1.93 bits per heavy atom. The summed E-state index contributed by atoms with van der Waals surface area (Å²) in [6, 6.07) is 11.1. The highest BCUT2D eigenvalue weighted by molar-refractivity contribution is 6.30. The number of hydrogen-bond donors (Lipinski definition) is 1. The molecule has 9 heteroatoms. The van der Waals surface area contributed by atoms with E-state index >= 15 is 0 Å². The summed E-state index contributed by atoms with van der Waals surface area (Å²) >= 11 is 5.89. The molecule has 0 unspecified atom stereocenters. The summed E-state index contributed by atoms with van der Waals surface area (Å²) in [5, 5.41) is 3.38. The number of amides is 1. The van der Waals surface area contributed by atoms with Crippen molar-refractivity contribution in [2.45, 2.75) is 13.5 Å². The zero-order valence-electron chi connectivity index (χ0n) is 15.8. The Labute approximate surface area is 175 Å². The van der Waals surface area contributed by atoms with Crippen molar-refractivity contribution in [3.63, 3.8) is 0 Å². The number of aromatic nitrogens is 4. The van der Waals surface area contributed by atoms with E-state index in [1.165, 1.54) is 24.7 Å². The number of rotatable bonds is 4. The Hall–Kier alpha value is -3.65. The first-order valence-corrected chi connectivity index (χ1v) is 9.32. The standard InChI is InChI=1S/C21H15ClFN5O2/c1-12-2-7-15(23)8-17(12)26-18(29)10-28-11-25-20-16(21(28)30)9-24-19(27-20)13-3-5-14(22)6-4-13/h2-9,11H,10H2,1H3,(H,26,29). The lowest BCUT2D eigenvalue weighted by Gasteiger charge is -2.10. The van der Waals surface area contributed by atoms with Crippen LogP contribution in [0, 0.1) is 12.7 Å². The number of benzene rings is 2. The normalized spacial score (nSPS) is 10.9. The van der Waals surface area contributed by atoms with Crippen LogP contribution in [0.15, 0.2) is 59.8 Å². The van der Waals surface area contributed by atoms with Crippen LogP contribution in [0.2, 0.25) is 5.02 Å². The molecule has 2 heterocycles. The minimum Gasteiger partial charge on any atom is -0.324 e. The van der Waals surface area contributed by atoms with E-state index in [-0.39, 0.29) is 17.6 Å². The number of fused-ring (bicyclic) bond motifs is 1. The largest absolute Gasteiger partial charge is 0.324 e. The second-order valence-electron chi connectivity index (χ2n) is 6.62. The molecule has 150 valence electrons. The Kier molecular flexibility index (Phi) is 5.24. The van der Waals surface area contributed by atoms with Crippen molar-refractivity contribution in [1.29, 1.82) is 0 Å². The highest BCUT2D eigenvalue weighted by Gasteiger charge is 2.12. The highest BCUT2D eigenvalue weighted by atomic mass is 35.5. The van der Waals surface area contributed by atoms with Crippen LogP contribution in [0.3, 0.4) is 0 Å². The average molecular weight is 424 g/mol. The number of nitrogens with one attached hydrogen (secondary N) is 1. The summed E-state index contributed by atoms with van der Waals surface area (Å²) in [7, 11) is 0. The number of carbonyl (C=O) groups is 1. The van der Waals surface area contributed by atoms with E-state index in [0.29, 0.717) is 22.1 Å². The molecule has 1 N–H and O–H groups in total. The molecule has 7 nitrogen and oxygen atoms in total. The number of nitrogens with zero attached hydrogens (tertiary/aromatic N) is 4. The number of hydrogen-bond acceptors (Lipinski definition) is 5. The van der Waals surface area contributed by atoms with Gasteiger partial charge in [-0.1, -0.05) is 17.7 Å². The maximum absolute atomic E-state index is 13.4. The van der Waals surface area contributed by atoms with Gasteiger partial charge in [-0.25, -0.2) is 19.3 Å². The zero-order valence-corrected chi connectivity index (χ0v) is 16.5. The van der Waals surface area contributed by atoms with Crippen LogP contribution in [-0.2, 0) is 11.3 Å². The van der Waals surface area contributed by atoms with Gasteiger partial charge in [-0.2, -0.15) is 0 Å². The van der Waals surface area contributed by atoms with E-state index in [1.54, 1.807) is 37.3 Å². The number of halogens is 2. The molecule has 4 aromatic rings. The molecule has 0 aliphatic heterocycles. The molecule has 0 atom stereocenters. The molecule has 0 spiro atoms. The zero-order chi connectivity index (χ0) is 21.3. The Morgan fingerprint density at radius 1 is 1.17 bits per heavy atom. The molecular weight excluding hydrogens is 409 g/mol. The van der Waals surface area contributed by atoms with Crippen LogP contribution in [0.25, 0.3) is 22.4 Å². The van der Waals surface area contributed by atoms with Crippen LogP contribution < -0.4 is 10.9 Å². The van der Waals surface area contributed by atoms with Gasteiger partial charge in [-0.05, 0) is 48.9 Å². The smallest absolute Gasteiger partial charge is 0.264 e. The van der Waals surface area contributed by atoms with Gasteiger partial charge in [0.15, 0.2) is 11.5 Å². The topological polar surface area (TPSA) is 89.8 Å². The van der Waals surface area contributed by atoms with Gasteiger partial charge >= 0.3 is 0 Å². The first-order chi connectivity index (χ1) is 14.4. The van der Waals surface area contributed by atoms with Crippen LogP contribution in [0.1, 0.15) is 5.56 Å². The van der Waals surface area contributed by atoms with Crippen LogP contribution in [0.4, 0.5) is 10.1 Å². The van der Waals surface area contributed by atoms with E-state index in [1.807, 2.05) is 0 Å². The van der Waals surface area contributed by atoms with Gasteiger partial charge in [-0.15, -0.1) is 0 Å². The van der Waals surface area contributed by atoms with E-state index in [9.17, 15) is 14.0 Å². The quantitative estimate of drug-likeness (QED) is 0.541. The van der Waals surface area contributed by atoms with Gasteiger partial charge in [0.05, 0.1) is 0 Å². The van der Waals surface area contributed by atoms with Crippen molar-refractivity contribution in [2.75, 3.05) is 5.32 Å². The van der Waals surface area contributed by atoms with Gasteiger partial charge in [-0.3, -0.25) is 14.2 Å².